The molecule has 0 radical (unpaired) electrons. The molecule has 1 atom stereocenters. The van der Waals surface area contributed by atoms with Crippen LogP contribution in [0.4, 0.5) is 0 Å². The maximum absolute atomic E-state index is 12.5. The van der Waals surface area contributed by atoms with Gasteiger partial charge in [-0.25, -0.2) is 0 Å². The van der Waals surface area contributed by atoms with Crippen LogP contribution in [0.25, 0.3) is 0 Å². The summed E-state index contributed by atoms with van der Waals surface area (Å²) in [6.45, 7) is 3.88. The molecule has 1 aromatic carbocycles. The second kappa shape index (κ2) is 8.02. The minimum atomic E-state index is -1.01. The Kier molecular flexibility index (Phi) is 6.03. The minimum Gasteiger partial charge on any atom is -0.497 e. The molecule has 25 heavy (non-hydrogen) atoms. The summed E-state index contributed by atoms with van der Waals surface area (Å²) in [4.78, 5) is 25.4. The van der Waals surface area contributed by atoms with Gasteiger partial charge in [-0.15, -0.1) is 11.3 Å². The molecule has 0 saturated carbocycles. The van der Waals surface area contributed by atoms with Gasteiger partial charge >= 0.3 is 5.97 Å². The number of carbonyl (C=O) groups is 2. The minimum absolute atomic E-state index is 0.252. The topological polar surface area (TPSA) is 84.9 Å². The molecule has 0 aliphatic rings. The van der Waals surface area contributed by atoms with Crippen molar-refractivity contribution in [3.05, 3.63) is 45.1 Å². The number of nitrogens with one attached hydrogen (secondary N) is 1. The first-order valence-electron chi connectivity index (χ1n) is 7.67. The van der Waals surface area contributed by atoms with Crippen LogP contribution >= 0.6 is 11.3 Å². The molecule has 2 N–H and O–H groups in total. The molecule has 0 aliphatic carbocycles. The Balaban J connectivity index is 2.33. The molecule has 0 saturated heterocycles. The summed E-state index contributed by atoms with van der Waals surface area (Å²) < 4.78 is 10.5. The molecule has 0 spiro atoms. The van der Waals surface area contributed by atoms with Crippen LogP contribution in [0, 0.1) is 13.8 Å². The zero-order valence-corrected chi connectivity index (χ0v) is 15.4. The maximum atomic E-state index is 12.5. The molecule has 0 bridgehead atoms. The highest BCUT2D eigenvalue weighted by Gasteiger charge is 2.23. The van der Waals surface area contributed by atoms with Crippen molar-refractivity contribution in [1.82, 2.24) is 5.32 Å². The van der Waals surface area contributed by atoms with Gasteiger partial charge in [-0.1, -0.05) is 0 Å². The van der Waals surface area contributed by atoms with Gasteiger partial charge in [0.25, 0.3) is 5.91 Å². The number of methoxy groups -OCH3 is 2. The molecule has 1 unspecified atom stereocenters. The quantitative estimate of drug-likeness (QED) is 0.788. The third kappa shape index (κ3) is 4.51. The molecule has 6 nitrogen and oxygen atoms in total. The lowest BCUT2D eigenvalue weighted by atomic mass is 10.0. The maximum Gasteiger partial charge on any atom is 0.305 e. The molecule has 1 heterocycles. The molecule has 1 amide bonds. The van der Waals surface area contributed by atoms with E-state index in [9.17, 15) is 14.7 Å². The Morgan fingerprint density at radius 3 is 2.44 bits per heavy atom. The number of ether oxygens (including phenoxy) is 2. The molecule has 134 valence electrons. The molecule has 0 fully saturated rings. The van der Waals surface area contributed by atoms with Crippen LogP contribution in [0.3, 0.4) is 0 Å². The summed E-state index contributed by atoms with van der Waals surface area (Å²) in [5.74, 6) is -0.262. The lowest BCUT2D eigenvalue weighted by molar-refractivity contribution is -0.137. The summed E-state index contributed by atoms with van der Waals surface area (Å²) in [6.07, 6.45) is -0.252. The van der Waals surface area contributed by atoms with Gasteiger partial charge in [0, 0.05) is 16.5 Å². The SMILES string of the molecule is COc1ccc(C(CC(=O)O)NC(=O)c2cc(C)c(C)s2)c(OC)c1. The van der Waals surface area contributed by atoms with Crippen molar-refractivity contribution in [3.63, 3.8) is 0 Å². The number of benzene rings is 1. The van der Waals surface area contributed by atoms with E-state index in [1.807, 2.05) is 13.8 Å². The molecular formula is C18H21NO5S. The van der Waals surface area contributed by atoms with Crippen molar-refractivity contribution in [2.45, 2.75) is 26.3 Å². The predicted molar refractivity (Wildman–Crippen MR) is 95.8 cm³/mol. The van der Waals surface area contributed by atoms with Crippen LogP contribution in [0.5, 0.6) is 11.5 Å². The van der Waals surface area contributed by atoms with Gasteiger partial charge in [-0.2, -0.15) is 0 Å². The smallest absolute Gasteiger partial charge is 0.305 e. The third-order valence-electron chi connectivity index (χ3n) is 3.89. The summed E-state index contributed by atoms with van der Waals surface area (Å²) in [7, 11) is 3.02. The van der Waals surface area contributed by atoms with Gasteiger partial charge in [0.15, 0.2) is 0 Å². The first-order chi connectivity index (χ1) is 11.8. The van der Waals surface area contributed by atoms with Crippen LogP contribution in [-0.4, -0.2) is 31.2 Å². The predicted octanol–water partition coefficient (Wildman–Crippen LogP) is 3.33. The number of aryl methyl sites for hydroxylation is 2. The number of carboxylic acids is 1. The van der Waals surface area contributed by atoms with E-state index in [4.69, 9.17) is 9.47 Å². The van der Waals surface area contributed by atoms with E-state index in [0.717, 1.165) is 10.4 Å². The number of rotatable bonds is 7. The Morgan fingerprint density at radius 2 is 1.92 bits per heavy atom. The fraction of sp³-hybridized carbons (Fsp3) is 0.333. The van der Waals surface area contributed by atoms with Crippen molar-refractivity contribution >= 4 is 23.2 Å². The van der Waals surface area contributed by atoms with Crippen molar-refractivity contribution in [1.29, 1.82) is 0 Å². The van der Waals surface area contributed by atoms with E-state index in [2.05, 4.69) is 5.32 Å². The van der Waals surface area contributed by atoms with E-state index in [0.29, 0.717) is 21.9 Å². The van der Waals surface area contributed by atoms with Gasteiger partial charge in [0.1, 0.15) is 11.5 Å². The monoisotopic (exact) mass is 363 g/mol. The van der Waals surface area contributed by atoms with Crippen LogP contribution in [0.15, 0.2) is 24.3 Å². The molecule has 2 rings (SSSR count). The molecule has 2 aromatic rings. The summed E-state index contributed by atoms with van der Waals surface area (Å²) >= 11 is 1.38. The van der Waals surface area contributed by atoms with Gasteiger partial charge in [-0.05, 0) is 37.6 Å². The zero-order chi connectivity index (χ0) is 18.6. The zero-order valence-electron chi connectivity index (χ0n) is 14.6. The van der Waals surface area contributed by atoms with Crippen LogP contribution in [-0.2, 0) is 4.79 Å². The van der Waals surface area contributed by atoms with Gasteiger partial charge in [0.05, 0.1) is 31.6 Å². The number of carboxylic acid groups (broad SMARTS) is 1. The van der Waals surface area contributed by atoms with E-state index < -0.39 is 12.0 Å². The Labute approximate surface area is 150 Å². The van der Waals surface area contributed by atoms with Crippen LogP contribution < -0.4 is 14.8 Å². The number of aliphatic carboxylic acids is 1. The number of hydrogen-bond donors (Lipinski definition) is 2. The number of thiophene rings is 1. The molecule has 1 aromatic heterocycles. The Bertz CT molecular complexity index is 764. The van der Waals surface area contributed by atoms with Crippen molar-refractivity contribution in [3.8, 4) is 11.5 Å². The molecule has 0 aliphatic heterocycles. The average molecular weight is 363 g/mol. The van der Waals surface area contributed by atoms with Crippen molar-refractivity contribution < 1.29 is 24.2 Å². The van der Waals surface area contributed by atoms with E-state index in [1.165, 1.54) is 25.6 Å². The fourth-order valence-electron chi connectivity index (χ4n) is 2.43. The largest absolute Gasteiger partial charge is 0.497 e. The lowest BCUT2D eigenvalue weighted by Gasteiger charge is -2.20. The first-order valence-corrected chi connectivity index (χ1v) is 8.49. The lowest BCUT2D eigenvalue weighted by Crippen LogP contribution is -2.30. The average Bonchev–Trinajstić information content (AvgIpc) is 2.92. The van der Waals surface area contributed by atoms with Gasteiger partial charge in [-0.3, -0.25) is 9.59 Å². The van der Waals surface area contributed by atoms with E-state index in [-0.39, 0.29) is 12.3 Å². The number of carbonyl (C=O) groups excluding carboxylic acids is 1. The van der Waals surface area contributed by atoms with Crippen molar-refractivity contribution in [2.24, 2.45) is 0 Å². The Morgan fingerprint density at radius 1 is 1.20 bits per heavy atom. The highest BCUT2D eigenvalue weighted by molar-refractivity contribution is 7.14. The van der Waals surface area contributed by atoms with Gasteiger partial charge < -0.3 is 19.9 Å². The van der Waals surface area contributed by atoms with Gasteiger partial charge in [0.2, 0.25) is 0 Å². The second-order valence-corrected chi connectivity index (χ2v) is 6.84. The van der Waals surface area contributed by atoms with E-state index in [1.54, 1.807) is 24.3 Å². The number of hydrogen-bond acceptors (Lipinski definition) is 5. The third-order valence-corrected chi connectivity index (χ3v) is 5.04. The first kappa shape index (κ1) is 18.8. The summed E-state index contributed by atoms with van der Waals surface area (Å²) in [6, 6.07) is 6.16. The Hall–Kier alpha value is -2.54. The highest BCUT2D eigenvalue weighted by atomic mass is 32.1. The standard InChI is InChI=1S/C18H21NO5S/c1-10-7-16(25-11(10)2)18(22)19-14(9-17(20)21)13-6-5-12(23-3)8-15(13)24-4/h5-8,14H,9H2,1-4H3,(H,19,22)(H,20,21). The van der Waals surface area contributed by atoms with Crippen LogP contribution in [0.1, 0.15) is 38.1 Å². The molecule has 7 heteroatoms. The van der Waals surface area contributed by atoms with Crippen LogP contribution in [0.2, 0.25) is 0 Å². The normalized spacial score (nSPS) is 11.7. The molecular weight excluding hydrogens is 342 g/mol. The highest BCUT2D eigenvalue weighted by Crippen LogP contribution is 2.32. The summed E-state index contributed by atoms with van der Waals surface area (Å²) in [5, 5.41) is 12.0. The fourth-order valence-corrected chi connectivity index (χ4v) is 3.37. The number of amides is 1. The van der Waals surface area contributed by atoms with E-state index >= 15 is 0 Å². The summed E-state index contributed by atoms with van der Waals surface area (Å²) in [5.41, 5.74) is 1.62. The second-order valence-electron chi connectivity index (χ2n) is 5.58. The van der Waals surface area contributed by atoms with Crippen molar-refractivity contribution in [2.75, 3.05) is 14.2 Å².